The fourth-order valence-electron chi connectivity index (χ4n) is 2.05. The van der Waals surface area contributed by atoms with Crippen LogP contribution in [0.4, 0.5) is 0 Å². The van der Waals surface area contributed by atoms with Gasteiger partial charge in [0.1, 0.15) is 0 Å². The largest absolute Gasteiger partial charge is 0.313 e. The summed E-state index contributed by atoms with van der Waals surface area (Å²) in [4.78, 5) is 2.48. The van der Waals surface area contributed by atoms with E-state index in [0.717, 1.165) is 12.5 Å². The summed E-state index contributed by atoms with van der Waals surface area (Å²) in [6.07, 6.45) is 2.64. The Labute approximate surface area is 67.5 Å². The lowest BCUT2D eigenvalue weighted by atomic mass is 9.87. The van der Waals surface area contributed by atoms with Crippen molar-refractivity contribution in [1.29, 1.82) is 0 Å². The number of hydrogen-bond donors (Lipinski definition) is 1. The van der Waals surface area contributed by atoms with E-state index in [0.29, 0.717) is 0 Å². The molecule has 3 fully saturated rings. The molecule has 0 radical (unpaired) electrons. The molecule has 0 atom stereocenters. The van der Waals surface area contributed by atoms with Crippen molar-refractivity contribution in [3.8, 4) is 0 Å². The first kappa shape index (κ1) is 7.10. The molecule has 0 aromatic carbocycles. The molecule has 0 aliphatic carbocycles. The molecule has 11 heavy (non-hydrogen) atoms. The van der Waals surface area contributed by atoms with Crippen molar-refractivity contribution in [3.63, 3.8) is 0 Å². The number of piperidine rings is 3. The standard InChI is InChI=1S/C8H15N3/c1-9-10-8-6-11-4-2-7(8)3-5-11/h7,9H,2-6H2,1H3/b10-8-. The lowest BCUT2D eigenvalue weighted by Gasteiger charge is -2.39. The van der Waals surface area contributed by atoms with Crippen molar-refractivity contribution in [2.75, 3.05) is 26.7 Å². The maximum Gasteiger partial charge on any atom is 0.0550 e. The normalized spacial score (nSPS) is 39.5. The SMILES string of the molecule is CN/N=C1/CN2CCC1CC2. The van der Waals surface area contributed by atoms with Crippen LogP contribution < -0.4 is 5.43 Å². The van der Waals surface area contributed by atoms with E-state index >= 15 is 0 Å². The van der Waals surface area contributed by atoms with E-state index < -0.39 is 0 Å². The molecule has 0 unspecified atom stereocenters. The third-order valence-electron chi connectivity index (χ3n) is 2.70. The Morgan fingerprint density at radius 3 is 2.64 bits per heavy atom. The van der Waals surface area contributed by atoms with Crippen LogP contribution in [0.5, 0.6) is 0 Å². The zero-order chi connectivity index (χ0) is 7.68. The van der Waals surface area contributed by atoms with Crippen molar-refractivity contribution in [2.24, 2.45) is 11.0 Å². The number of rotatable bonds is 1. The molecule has 3 nitrogen and oxygen atoms in total. The van der Waals surface area contributed by atoms with Gasteiger partial charge in [0.2, 0.25) is 0 Å². The van der Waals surface area contributed by atoms with E-state index in [1.54, 1.807) is 0 Å². The van der Waals surface area contributed by atoms with Crippen LogP contribution in [0.15, 0.2) is 5.10 Å². The minimum absolute atomic E-state index is 0.785. The smallest absolute Gasteiger partial charge is 0.0550 e. The highest BCUT2D eigenvalue weighted by Crippen LogP contribution is 2.24. The topological polar surface area (TPSA) is 27.6 Å². The van der Waals surface area contributed by atoms with Gasteiger partial charge in [0, 0.05) is 19.5 Å². The summed E-state index contributed by atoms with van der Waals surface area (Å²) in [5.74, 6) is 0.785. The van der Waals surface area contributed by atoms with Crippen LogP contribution in [-0.2, 0) is 0 Å². The highest BCUT2D eigenvalue weighted by atomic mass is 15.3. The second-order valence-corrected chi connectivity index (χ2v) is 3.38. The van der Waals surface area contributed by atoms with E-state index in [-0.39, 0.29) is 0 Å². The number of fused-ring (bicyclic) bond motifs is 3. The van der Waals surface area contributed by atoms with Crippen LogP contribution in [0, 0.1) is 5.92 Å². The Kier molecular flexibility index (Phi) is 1.82. The summed E-state index contributed by atoms with van der Waals surface area (Å²) in [6, 6.07) is 0. The summed E-state index contributed by atoms with van der Waals surface area (Å²) in [6.45, 7) is 3.67. The van der Waals surface area contributed by atoms with Crippen LogP contribution in [-0.4, -0.2) is 37.3 Å². The molecular weight excluding hydrogens is 138 g/mol. The van der Waals surface area contributed by atoms with Crippen molar-refractivity contribution in [2.45, 2.75) is 12.8 Å². The average molecular weight is 153 g/mol. The molecule has 0 aromatic rings. The molecule has 1 N–H and O–H groups in total. The highest BCUT2D eigenvalue weighted by molar-refractivity contribution is 5.89. The Hall–Kier alpha value is -0.570. The van der Waals surface area contributed by atoms with Crippen LogP contribution in [0.3, 0.4) is 0 Å². The lowest BCUT2D eigenvalue weighted by Crippen LogP contribution is -2.48. The Morgan fingerprint density at radius 2 is 2.18 bits per heavy atom. The molecule has 2 bridgehead atoms. The van der Waals surface area contributed by atoms with Crippen LogP contribution in [0.1, 0.15) is 12.8 Å². The van der Waals surface area contributed by atoms with Crippen LogP contribution in [0.25, 0.3) is 0 Å². The molecule has 0 amide bonds. The van der Waals surface area contributed by atoms with Gasteiger partial charge in [-0.1, -0.05) is 0 Å². The summed E-state index contributed by atoms with van der Waals surface area (Å²) < 4.78 is 0. The quantitative estimate of drug-likeness (QED) is 0.548. The van der Waals surface area contributed by atoms with Crippen molar-refractivity contribution >= 4 is 5.71 Å². The van der Waals surface area contributed by atoms with Gasteiger partial charge in [-0.3, -0.25) is 4.90 Å². The van der Waals surface area contributed by atoms with Gasteiger partial charge >= 0.3 is 0 Å². The monoisotopic (exact) mass is 153 g/mol. The summed E-state index contributed by atoms with van der Waals surface area (Å²) in [5.41, 5.74) is 4.25. The fourth-order valence-corrected chi connectivity index (χ4v) is 2.05. The van der Waals surface area contributed by atoms with E-state index in [1.165, 1.54) is 31.6 Å². The zero-order valence-electron chi connectivity index (χ0n) is 7.01. The molecular formula is C8H15N3. The third-order valence-corrected chi connectivity index (χ3v) is 2.70. The van der Waals surface area contributed by atoms with Crippen LogP contribution in [0.2, 0.25) is 0 Å². The van der Waals surface area contributed by atoms with Gasteiger partial charge in [0.05, 0.1) is 5.71 Å². The summed E-state index contributed by atoms with van der Waals surface area (Å²) in [5, 5.41) is 4.29. The lowest BCUT2D eigenvalue weighted by molar-refractivity contribution is 0.199. The number of hydrogen-bond acceptors (Lipinski definition) is 3. The van der Waals surface area contributed by atoms with Gasteiger partial charge in [-0.15, -0.1) is 0 Å². The Bertz CT molecular complexity index is 168. The maximum absolute atomic E-state index is 4.29. The second kappa shape index (κ2) is 2.81. The fraction of sp³-hybridized carbons (Fsp3) is 0.875. The van der Waals surface area contributed by atoms with Crippen molar-refractivity contribution in [3.05, 3.63) is 0 Å². The first-order chi connectivity index (χ1) is 5.40. The van der Waals surface area contributed by atoms with E-state index in [2.05, 4.69) is 15.4 Å². The van der Waals surface area contributed by atoms with Gasteiger partial charge in [-0.05, 0) is 25.9 Å². The molecule has 3 aliphatic rings. The number of nitrogens with zero attached hydrogens (tertiary/aromatic N) is 2. The first-order valence-electron chi connectivity index (χ1n) is 4.35. The third kappa shape index (κ3) is 1.25. The molecule has 0 saturated carbocycles. The number of nitrogens with one attached hydrogen (secondary N) is 1. The predicted octanol–water partition coefficient (Wildman–Crippen LogP) is 0.287. The van der Waals surface area contributed by atoms with E-state index in [9.17, 15) is 0 Å². The molecule has 3 aliphatic heterocycles. The minimum Gasteiger partial charge on any atom is -0.313 e. The summed E-state index contributed by atoms with van der Waals surface area (Å²) in [7, 11) is 1.88. The molecule has 0 aromatic heterocycles. The first-order valence-corrected chi connectivity index (χ1v) is 4.35. The molecule has 62 valence electrons. The van der Waals surface area contributed by atoms with Crippen molar-refractivity contribution in [1.82, 2.24) is 10.3 Å². The molecule has 3 saturated heterocycles. The zero-order valence-corrected chi connectivity index (χ0v) is 7.01. The van der Waals surface area contributed by atoms with Gasteiger partial charge in [0.25, 0.3) is 0 Å². The van der Waals surface area contributed by atoms with Gasteiger partial charge in [-0.2, -0.15) is 5.10 Å². The molecule has 3 heteroatoms. The Balaban J connectivity index is 2.08. The second-order valence-electron chi connectivity index (χ2n) is 3.38. The predicted molar refractivity (Wildman–Crippen MR) is 45.7 cm³/mol. The minimum atomic E-state index is 0.785. The Morgan fingerprint density at radius 1 is 1.45 bits per heavy atom. The van der Waals surface area contributed by atoms with Crippen molar-refractivity contribution < 1.29 is 0 Å². The summed E-state index contributed by atoms with van der Waals surface area (Å²) >= 11 is 0. The van der Waals surface area contributed by atoms with E-state index in [4.69, 9.17) is 0 Å². The van der Waals surface area contributed by atoms with Crippen LogP contribution >= 0.6 is 0 Å². The number of hydrazone groups is 1. The molecule has 3 rings (SSSR count). The maximum atomic E-state index is 4.29. The molecule has 0 spiro atoms. The average Bonchev–Trinajstić information content (AvgIpc) is 2.07. The van der Waals surface area contributed by atoms with Gasteiger partial charge in [0.15, 0.2) is 0 Å². The van der Waals surface area contributed by atoms with E-state index in [1.807, 2.05) is 7.05 Å². The van der Waals surface area contributed by atoms with Gasteiger partial charge < -0.3 is 5.43 Å². The van der Waals surface area contributed by atoms with Gasteiger partial charge in [-0.25, -0.2) is 0 Å². The molecule has 3 heterocycles. The highest BCUT2D eigenvalue weighted by Gasteiger charge is 2.30.